The molecule has 27 heavy (non-hydrogen) atoms. The molecule has 0 saturated carbocycles. The smallest absolute Gasteiger partial charge is 0.251 e. The van der Waals surface area contributed by atoms with E-state index in [4.69, 9.17) is 4.74 Å². The lowest BCUT2D eigenvalue weighted by Crippen LogP contribution is -2.40. The molecule has 6 nitrogen and oxygen atoms in total. The summed E-state index contributed by atoms with van der Waals surface area (Å²) in [4.78, 5) is 12.5. The zero-order chi connectivity index (χ0) is 19.1. The molecule has 0 spiro atoms. The molecule has 0 radical (unpaired) electrons. The number of hydrogen-bond donors (Lipinski definition) is 1. The molecule has 0 atom stereocenters. The highest BCUT2D eigenvalue weighted by Gasteiger charge is 2.26. The standard InChI is InChI=1S/C18H22N2O4S3/c21-18(19-5-11-26-14-15-4-10-25-13-15)16-2-1-3-17(12-16)27(22,23)20-6-8-24-9-7-20/h1-4,10,12-13H,5-9,11,14H2,(H,19,21). The minimum atomic E-state index is -3.60. The summed E-state index contributed by atoms with van der Waals surface area (Å²) in [7, 11) is -3.60. The average molecular weight is 427 g/mol. The molecule has 2 heterocycles. The van der Waals surface area contributed by atoms with Crippen molar-refractivity contribution in [3.8, 4) is 0 Å². The van der Waals surface area contributed by atoms with Crippen LogP contribution in [0.25, 0.3) is 0 Å². The lowest BCUT2D eigenvalue weighted by Gasteiger charge is -2.26. The monoisotopic (exact) mass is 426 g/mol. The molecule has 0 bridgehead atoms. The number of thioether (sulfide) groups is 1. The van der Waals surface area contributed by atoms with Crippen molar-refractivity contribution in [1.82, 2.24) is 9.62 Å². The van der Waals surface area contributed by atoms with E-state index in [0.717, 1.165) is 11.5 Å². The molecule has 9 heteroatoms. The number of carbonyl (C=O) groups is 1. The van der Waals surface area contributed by atoms with Gasteiger partial charge in [0.2, 0.25) is 10.0 Å². The van der Waals surface area contributed by atoms with Gasteiger partial charge >= 0.3 is 0 Å². The molecular weight excluding hydrogens is 404 g/mol. The number of nitrogens with zero attached hydrogens (tertiary/aromatic N) is 1. The normalized spacial score (nSPS) is 15.6. The summed E-state index contributed by atoms with van der Waals surface area (Å²) in [6.45, 7) is 1.99. The Labute approximate surface area is 168 Å². The van der Waals surface area contributed by atoms with Crippen molar-refractivity contribution in [1.29, 1.82) is 0 Å². The van der Waals surface area contributed by atoms with Gasteiger partial charge in [-0.3, -0.25) is 4.79 Å². The van der Waals surface area contributed by atoms with Crippen LogP contribution in [0.2, 0.25) is 0 Å². The maximum atomic E-state index is 12.7. The van der Waals surface area contributed by atoms with Crippen LogP contribution in [0.1, 0.15) is 15.9 Å². The Hall–Kier alpha value is -1.39. The second kappa shape index (κ2) is 9.70. The number of sulfonamides is 1. The molecule has 1 aliphatic heterocycles. The van der Waals surface area contributed by atoms with Gasteiger partial charge in [-0.05, 0) is 40.6 Å². The van der Waals surface area contributed by atoms with Crippen LogP contribution in [0.3, 0.4) is 0 Å². The van der Waals surface area contributed by atoms with Crippen molar-refractivity contribution >= 4 is 39.0 Å². The van der Waals surface area contributed by atoms with Crippen molar-refractivity contribution in [3.63, 3.8) is 0 Å². The van der Waals surface area contributed by atoms with Crippen LogP contribution in [-0.2, 0) is 20.5 Å². The van der Waals surface area contributed by atoms with Gasteiger partial charge in [-0.1, -0.05) is 6.07 Å². The Balaban J connectivity index is 1.53. The number of carbonyl (C=O) groups excluding carboxylic acids is 1. The van der Waals surface area contributed by atoms with Crippen molar-refractivity contribution in [3.05, 3.63) is 52.2 Å². The number of hydrogen-bond acceptors (Lipinski definition) is 6. The lowest BCUT2D eigenvalue weighted by molar-refractivity contribution is 0.0730. The van der Waals surface area contributed by atoms with E-state index in [-0.39, 0.29) is 10.8 Å². The number of ether oxygens (including phenoxy) is 1. The molecule has 146 valence electrons. The Kier molecular flexibility index (Phi) is 7.31. The quantitative estimate of drug-likeness (QED) is 0.656. The van der Waals surface area contributed by atoms with Crippen molar-refractivity contribution in [2.24, 2.45) is 0 Å². The van der Waals surface area contributed by atoms with E-state index >= 15 is 0 Å². The number of morpholine rings is 1. The first-order valence-corrected chi connectivity index (χ1v) is 12.2. The fraction of sp³-hybridized carbons (Fsp3) is 0.389. The first-order valence-electron chi connectivity index (χ1n) is 8.62. The molecule has 1 aliphatic rings. The first kappa shape index (κ1) is 20.3. The van der Waals surface area contributed by atoms with Crippen molar-refractivity contribution in [2.45, 2.75) is 10.6 Å². The van der Waals surface area contributed by atoms with Gasteiger partial charge in [0.1, 0.15) is 0 Å². The van der Waals surface area contributed by atoms with Crippen LogP contribution in [0.15, 0.2) is 46.0 Å². The molecule has 0 unspecified atom stereocenters. The molecule has 0 aliphatic carbocycles. The van der Waals surface area contributed by atoms with Gasteiger partial charge in [-0.15, -0.1) is 0 Å². The van der Waals surface area contributed by atoms with E-state index in [9.17, 15) is 13.2 Å². The van der Waals surface area contributed by atoms with Crippen molar-refractivity contribution in [2.75, 3.05) is 38.6 Å². The van der Waals surface area contributed by atoms with Crippen LogP contribution in [0.4, 0.5) is 0 Å². The van der Waals surface area contributed by atoms with Crippen LogP contribution in [0, 0.1) is 0 Å². The zero-order valence-corrected chi connectivity index (χ0v) is 17.2. The van der Waals surface area contributed by atoms with E-state index in [1.165, 1.54) is 22.0 Å². The van der Waals surface area contributed by atoms with Crippen molar-refractivity contribution < 1.29 is 17.9 Å². The van der Waals surface area contributed by atoms with Gasteiger partial charge in [0.25, 0.3) is 5.91 Å². The maximum Gasteiger partial charge on any atom is 0.251 e. The first-order chi connectivity index (χ1) is 13.1. The van der Waals surface area contributed by atoms with Gasteiger partial charge in [0.15, 0.2) is 0 Å². The Morgan fingerprint density at radius 1 is 1.26 bits per heavy atom. The van der Waals surface area contributed by atoms with E-state index < -0.39 is 10.0 Å². The summed E-state index contributed by atoms with van der Waals surface area (Å²) in [6, 6.07) is 8.30. The number of thiophene rings is 1. The minimum absolute atomic E-state index is 0.142. The van der Waals surface area contributed by atoms with Gasteiger partial charge in [0, 0.05) is 36.7 Å². The fourth-order valence-electron chi connectivity index (χ4n) is 2.64. The molecule has 1 N–H and O–H groups in total. The number of amides is 1. The average Bonchev–Trinajstić information content (AvgIpc) is 3.22. The molecule has 1 aromatic carbocycles. The summed E-state index contributed by atoms with van der Waals surface area (Å²) in [5.74, 6) is 1.46. The molecular formula is C18H22N2O4S3. The lowest BCUT2D eigenvalue weighted by atomic mass is 10.2. The molecule has 2 aromatic rings. The summed E-state index contributed by atoms with van der Waals surface area (Å²) < 4.78 is 32.0. The summed E-state index contributed by atoms with van der Waals surface area (Å²) in [5.41, 5.74) is 1.64. The molecule has 1 saturated heterocycles. The van der Waals surface area contributed by atoms with Crippen LogP contribution in [-0.4, -0.2) is 57.2 Å². The molecule has 1 aromatic heterocycles. The predicted molar refractivity (Wildman–Crippen MR) is 109 cm³/mol. The summed E-state index contributed by atoms with van der Waals surface area (Å²) in [5, 5.41) is 7.02. The van der Waals surface area contributed by atoms with Gasteiger partial charge < -0.3 is 10.1 Å². The van der Waals surface area contributed by atoms with E-state index in [1.54, 1.807) is 35.2 Å². The third kappa shape index (κ3) is 5.55. The molecule has 1 fully saturated rings. The largest absolute Gasteiger partial charge is 0.379 e. The highest BCUT2D eigenvalue weighted by Crippen LogP contribution is 2.18. The van der Waals surface area contributed by atoms with Gasteiger partial charge in [-0.2, -0.15) is 27.4 Å². The second-order valence-corrected chi connectivity index (χ2v) is 9.81. The van der Waals surface area contributed by atoms with Gasteiger partial charge in [-0.25, -0.2) is 8.42 Å². The number of nitrogens with one attached hydrogen (secondary N) is 1. The third-order valence-electron chi connectivity index (χ3n) is 4.08. The topological polar surface area (TPSA) is 75.7 Å². The number of rotatable bonds is 8. The summed E-state index contributed by atoms with van der Waals surface area (Å²) >= 11 is 3.43. The second-order valence-electron chi connectivity index (χ2n) is 5.98. The van der Waals surface area contributed by atoms with Crippen LogP contribution < -0.4 is 5.32 Å². The third-order valence-corrected chi connectivity index (χ3v) is 7.74. The van der Waals surface area contributed by atoms with Crippen LogP contribution in [0.5, 0.6) is 0 Å². The predicted octanol–water partition coefficient (Wildman–Crippen LogP) is 2.43. The Morgan fingerprint density at radius 3 is 2.81 bits per heavy atom. The van der Waals surface area contributed by atoms with E-state index in [1.807, 2.05) is 0 Å². The zero-order valence-electron chi connectivity index (χ0n) is 14.8. The van der Waals surface area contributed by atoms with E-state index in [2.05, 4.69) is 22.1 Å². The molecule has 1 amide bonds. The van der Waals surface area contributed by atoms with E-state index in [0.29, 0.717) is 38.4 Å². The Bertz CT molecular complexity index is 847. The van der Waals surface area contributed by atoms with Crippen LogP contribution >= 0.6 is 23.1 Å². The summed E-state index contributed by atoms with van der Waals surface area (Å²) in [6.07, 6.45) is 0. The highest BCUT2D eigenvalue weighted by atomic mass is 32.2. The number of benzene rings is 1. The minimum Gasteiger partial charge on any atom is -0.379 e. The SMILES string of the molecule is O=C(NCCSCc1ccsc1)c1cccc(S(=O)(=O)N2CCOCC2)c1. The maximum absolute atomic E-state index is 12.7. The molecule has 3 rings (SSSR count). The fourth-order valence-corrected chi connectivity index (χ4v) is 5.67. The Morgan fingerprint density at radius 2 is 2.07 bits per heavy atom. The van der Waals surface area contributed by atoms with Gasteiger partial charge in [0.05, 0.1) is 18.1 Å². The highest BCUT2D eigenvalue weighted by molar-refractivity contribution is 7.98.